The highest BCUT2D eigenvalue weighted by Crippen LogP contribution is 2.34. The third kappa shape index (κ3) is 2.73. The third-order valence-corrected chi connectivity index (χ3v) is 5.62. The van der Waals surface area contributed by atoms with Gasteiger partial charge in [0.1, 0.15) is 5.82 Å². The molecule has 2 nitrogen and oxygen atoms in total. The lowest BCUT2D eigenvalue weighted by molar-refractivity contribution is 0.559. The second-order valence-electron chi connectivity index (χ2n) is 4.47. The Morgan fingerprint density at radius 1 is 1.25 bits per heavy atom. The highest BCUT2D eigenvalue weighted by atomic mass is 35.5. The molecule has 6 heteroatoms. The normalized spacial score (nSPS) is 12.9. The Hall–Kier alpha value is -0.980. The number of hydrogen-bond acceptors (Lipinski definition) is 4. The van der Waals surface area contributed by atoms with Crippen LogP contribution in [0.25, 0.3) is 9.40 Å². The summed E-state index contributed by atoms with van der Waals surface area (Å²) >= 11 is 9.25. The molecule has 104 valence electrons. The largest absolute Gasteiger partial charge is 0.271 e. The Morgan fingerprint density at radius 3 is 2.80 bits per heavy atom. The van der Waals surface area contributed by atoms with Crippen molar-refractivity contribution < 1.29 is 4.39 Å². The minimum Gasteiger partial charge on any atom is -0.271 e. The Bertz CT molecular complexity index is 709. The Morgan fingerprint density at radius 2 is 2.10 bits per heavy atom. The van der Waals surface area contributed by atoms with Gasteiger partial charge in [-0.15, -0.1) is 22.7 Å². The van der Waals surface area contributed by atoms with Crippen molar-refractivity contribution in [1.82, 2.24) is 5.43 Å². The number of hydrogen-bond donors (Lipinski definition) is 2. The van der Waals surface area contributed by atoms with E-state index in [2.05, 4.69) is 22.9 Å². The van der Waals surface area contributed by atoms with Gasteiger partial charge in [-0.05, 0) is 41.6 Å². The van der Waals surface area contributed by atoms with Crippen LogP contribution in [0.3, 0.4) is 0 Å². The maximum absolute atomic E-state index is 13.2. The minimum absolute atomic E-state index is 0.00104. The summed E-state index contributed by atoms with van der Waals surface area (Å²) < 4.78 is 15.7. The number of rotatable bonds is 4. The van der Waals surface area contributed by atoms with Crippen molar-refractivity contribution in [3.63, 3.8) is 0 Å². The smallest absolute Gasteiger partial charge is 0.141 e. The predicted molar refractivity (Wildman–Crippen MR) is 84.9 cm³/mol. The monoisotopic (exact) mass is 326 g/mol. The van der Waals surface area contributed by atoms with E-state index in [1.54, 1.807) is 34.8 Å². The predicted octanol–water partition coefficient (Wildman–Crippen LogP) is 4.50. The fourth-order valence-corrected chi connectivity index (χ4v) is 4.48. The summed E-state index contributed by atoms with van der Waals surface area (Å²) in [6, 6.07) is 9.04. The van der Waals surface area contributed by atoms with Crippen LogP contribution >= 0.6 is 34.3 Å². The van der Waals surface area contributed by atoms with E-state index in [1.165, 1.54) is 20.3 Å². The number of nitrogens with one attached hydrogen (secondary N) is 1. The molecule has 0 saturated carbocycles. The van der Waals surface area contributed by atoms with Crippen LogP contribution in [0.4, 0.5) is 4.39 Å². The molecule has 0 saturated heterocycles. The summed E-state index contributed by atoms with van der Waals surface area (Å²) in [4.78, 5) is 1.18. The first-order valence-electron chi connectivity index (χ1n) is 6.04. The molecule has 3 N–H and O–H groups in total. The van der Waals surface area contributed by atoms with Crippen LogP contribution in [0.5, 0.6) is 0 Å². The standard InChI is InChI=1S/C14H12ClFN2S2/c15-9-5-8(1-2-10(9)16)6-11(18-17)13-7-14-12(20-13)3-4-19-14/h1-5,7,11,18H,6,17H2. The second kappa shape index (κ2) is 5.79. The summed E-state index contributed by atoms with van der Waals surface area (Å²) in [5, 5.41) is 2.22. The maximum Gasteiger partial charge on any atom is 0.141 e. The molecule has 0 radical (unpaired) electrons. The van der Waals surface area contributed by atoms with Crippen LogP contribution in [0.15, 0.2) is 35.7 Å². The molecule has 0 aliphatic heterocycles. The molecular formula is C14H12ClFN2S2. The van der Waals surface area contributed by atoms with Crippen molar-refractivity contribution in [2.24, 2.45) is 5.84 Å². The molecule has 1 aromatic carbocycles. The van der Waals surface area contributed by atoms with E-state index in [9.17, 15) is 4.39 Å². The van der Waals surface area contributed by atoms with Gasteiger partial charge in [0.15, 0.2) is 0 Å². The van der Waals surface area contributed by atoms with Crippen molar-refractivity contribution in [2.75, 3.05) is 0 Å². The van der Waals surface area contributed by atoms with E-state index in [0.29, 0.717) is 6.42 Å². The number of halogens is 2. The lowest BCUT2D eigenvalue weighted by atomic mass is 10.1. The molecule has 0 amide bonds. The van der Waals surface area contributed by atoms with E-state index >= 15 is 0 Å². The van der Waals surface area contributed by atoms with E-state index in [0.717, 1.165) is 5.56 Å². The lowest BCUT2D eigenvalue weighted by Gasteiger charge is -2.14. The highest BCUT2D eigenvalue weighted by molar-refractivity contribution is 7.26. The lowest BCUT2D eigenvalue weighted by Crippen LogP contribution is -2.28. The Labute approximate surface area is 129 Å². The molecule has 3 rings (SSSR count). The van der Waals surface area contributed by atoms with Gasteiger partial charge >= 0.3 is 0 Å². The molecule has 2 heterocycles. The number of fused-ring (bicyclic) bond motifs is 1. The van der Waals surface area contributed by atoms with Gasteiger partial charge in [0.2, 0.25) is 0 Å². The Kier molecular flexibility index (Phi) is 4.05. The van der Waals surface area contributed by atoms with E-state index in [1.807, 2.05) is 0 Å². The van der Waals surface area contributed by atoms with Crippen LogP contribution in [0.1, 0.15) is 16.5 Å². The first-order valence-corrected chi connectivity index (χ1v) is 8.12. The molecule has 3 aromatic rings. The van der Waals surface area contributed by atoms with Crippen LogP contribution in [0, 0.1) is 5.82 Å². The molecule has 20 heavy (non-hydrogen) atoms. The quantitative estimate of drug-likeness (QED) is 0.547. The molecular weight excluding hydrogens is 315 g/mol. The van der Waals surface area contributed by atoms with Gasteiger partial charge in [-0.3, -0.25) is 11.3 Å². The average molecular weight is 327 g/mol. The summed E-state index contributed by atoms with van der Waals surface area (Å²) in [6.45, 7) is 0. The number of benzene rings is 1. The highest BCUT2D eigenvalue weighted by Gasteiger charge is 2.15. The van der Waals surface area contributed by atoms with Gasteiger partial charge in [-0.2, -0.15) is 0 Å². The third-order valence-electron chi connectivity index (χ3n) is 3.13. The minimum atomic E-state index is -0.399. The average Bonchev–Trinajstić information content (AvgIpc) is 3.01. The second-order valence-corrected chi connectivity index (χ2v) is 6.94. The molecule has 1 unspecified atom stereocenters. The zero-order chi connectivity index (χ0) is 14.1. The molecule has 0 spiro atoms. The van der Waals surface area contributed by atoms with E-state index in [4.69, 9.17) is 17.4 Å². The van der Waals surface area contributed by atoms with Crippen molar-refractivity contribution in [1.29, 1.82) is 0 Å². The SMILES string of the molecule is NNC(Cc1ccc(F)c(Cl)c1)c1cc2sccc2s1. The van der Waals surface area contributed by atoms with Crippen molar-refractivity contribution >= 4 is 43.7 Å². The van der Waals surface area contributed by atoms with Gasteiger partial charge in [0.05, 0.1) is 11.1 Å². The summed E-state index contributed by atoms with van der Waals surface area (Å²) in [6.07, 6.45) is 0.671. The maximum atomic E-state index is 13.2. The van der Waals surface area contributed by atoms with Gasteiger partial charge in [0, 0.05) is 14.3 Å². The molecule has 0 fully saturated rings. The van der Waals surface area contributed by atoms with Crippen LogP contribution in [0.2, 0.25) is 5.02 Å². The summed E-state index contributed by atoms with van der Waals surface area (Å²) in [7, 11) is 0. The van der Waals surface area contributed by atoms with Crippen LogP contribution < -0.4 is 11.3 Å². The van der Waals surface area contributed by atoms with Crippen LogP contribution in [-0.4, -0.2) is 0 Å². The Balaban J connectivity index is 1.86. The number of nitrogens with two attached hydrogens (primary N) is 1. The number of hydrazine groups is 1. The first-order chi connectivity index (χ1) is 9.67. The van der Waals surface area contributed by atoms with Gasteiger partial charge in [0.25, 0.3) is 0 Å². The molecule has 2 aromatic heterocycles. The van der Waals surface area contributed by atoms with Crippen molar-refractivity contribution in [3.05, 3.63) is 57.0 Å². The summed E-state index contributed by atoms with van der Waals surface area (Å²) in [5.41, 5.74) is 3.78. The molecule has 0 bridgehead atoms. The fourth-order valence-electron chi connectivity index (χ4n) is 2.10. The zero-order valence-corrected chi connectivity index (χ0v) is 12.8. The van der Waals surface area contributed by atoms with Gasteiger partial charge in [-0.25, -0.2) is 4.39 Å². The van der Waals surface area contributed by atoms with Crippen molar-refractivity contribution in [2.45, 2.75) is 12.5 Å². The molecule has 1 atom stereocenters. The van der Waals surface area contributed by atoms with Crippen molar-refractivity contribution in [3.8, 4) is 0 Å². The van der Waals surface area contributed by atoms with E-state index < -0.39 is 5.82 Å². The molecule has 0 aliphatic carbocycles. The molecule has 0 aliphatic rings. The topological polar surface area (TPSA) is 38.0 Å². The van der Waals surface area contributed by atoms with Crippen LogP contribution in [-0.2, 0) is 6.42 Å². The van der Waals surface area contributed by atoms with Gasteiger partial charge in [-0.1, -0.05) is 17.7 Å². The first kappa shape index (κ1) is 14.0. The number of thiophene rings is 2. The zero-order valence-electron chi connectivity index (χ0n) is 10.4. The summed E-state index contributed by atoms with van der Waals surface area (Å²) in [5.74, 6) is 5.27. The van der Waals surface area contributed by atoms with E-state index in [-0.39, 0.29) is 11.1 Å². The van der Waals surface area contributed by atoms with Gasteiger partial charge < -0.3 is 0 Å². The fraction of sp³-hybridized carbons (Fsp3) is 0.143.